The third-order valence-corrected chi connectivity index (χ3v) is 2.86. The molecular weight excluding hydrogens is 248 g/mol. The number of nitrogens with zero attached hydrogens (tertiary/aromatic N) is 4. The second kappa shape index (κ2) is 4.97. The molecule has 2 aromatic heterocycles. The first-order valence-electron chi connectivity index (χ1n) is 5.59. The van der Waals surface area contributed by atoms with Gasteiger partial charge in [0.1, 0.15) is 5.69 Å². The van der Waals surface area contributed by atoms with E-state index >= 15 is 0 Å². The number of rotatable bonds is 4. The van der Waals surface area contributed by atoms with Crippen molar-refractivity contribution in [2.45, 2.75) is 20.4 Å². The summed E-state index contributed by atoms with van der Waals surface area (Å²) >= 11 is 0. The summed E-state index contributed by atoms with van der Waals surface area (Å²) in [6, 6.07) is 0. The van der Waals surface area contributed by atoms with Crippen molar-refractivity contribution in [3.8, 4) is 0 Å². The second-order valence-corrected chi connectivity index (χ2v) is 4.21. The Kier molecular flexibility index (Phi) is 3.37. The van der Waals surface area contributed by atoms with Crippen LogP contribution in [0.2, 0.25) is 0 Å². The van der Waals surface area contributed by atoms with E-state index in [1.165, 1.54) is 12.5 Å². The van der Waals surface area contributed by atoms with E-state index < -0.39 is 4.92 Å². The minimum atomic E-state index is -0.402. The summed E-state index contributed by atoms with van der Waals surface area (Å²) in [6.45, 7) is 3.67. The zero-order valence-electron chi connectivity index (χ0n) is 10.5. The van der Waals surface area contributed by atoms with Crippen LogP contribution in [0.5, 0.6) is 0 Å². The summed E-state index contributed by atoms with van der Waals surface area (Å²) < 4.78 is 1.66. The van der Waals surface area contributed by atoms with E-state index in [0.29, 0.717) is 35.3 Å². The number of imidazole rings is 1. The van der Waals surface area contributed by atoms with Gasteiger partial charge in [-0.2, -0.15) is 0 Å². The summed E-state index contributed by atoms with van der Waals surface area (Å²) in [5.41, 5.74) is 2.06. The third-order valence-electron chi connectivity index (χ3n) is 2.86. The van der Waals surface area contributed by atoms with Crippen LogP contribution < -0.4 is 0 Å². The van der Waals surface area contributed by atoms with Gasteiger partial charge in [0.2, 0.25) is 0 Å². The van der Waals surface area contributed by atoms with Crippen molar-refractivity contribution in [1.82, 2.24) is 14.5 Å². The molecule has 0 aliphatic rings. The maximum Gasteiger partial charge on any atom is 0.278 e. The molecule has 0 fully saturated rings. The fraction of sp³-hybridized carbons (Fsp3) is 0.250. The highest BCUT2D eigenvalue weighted by molar-refractivity contribution is 5.70. The summed E-state index contributed by atoms with van der Waals surface area (Å²) in [5, 5.41) is 11.0. The lowest BCUT2D eigenvalue weighted by Gasteiger charge is -2.07. The molecule has 0 aliphatic carbocycles. The number of nitro groups is 1. The molecule has 7 nitrogen and oxygen atoms in total. The Balaban J connectivity index is 2.38. The van der Waals surface area contributed by atoms with Crippen LogP contribution in [0.25, 0.3) is 0 Å². The third kappa shape index (κ3) is 2.49. The van der Waals surface area contributed by atoms with Gasteiger partial charge in [0.15, 0.2) is 6.29 Å². The lowest BCUT2D eigenvalue weighted by Crippen LogP contribution is -2.06. The molecule has 2 rings (SSSR count). The summed E-state index contributed by atoms with van der Waals surface area (Å²) in [4.78, 5) is 29.2. The summed E-state index contributed by atoms with van der Waals surface area (Å²) in [5.74, 6) is 0. The number of aryl methyl sites for hydroxylation is 1. The van der Waals surface area contributed by atoms with Gasteiger partial charge in [-0.3, -0.25) is 19.9 Å². The smallest absolute Gasteiger partial charge is 0.278 e. The highest BCUT2D eigenvalue weighted by Gasteiger charge is 2.18. The highest BCUT2D eigenvalue weighted by Crippen LogP contribution is 2.24. The van der Waals surface area contributed by atoms with Gasteiger partial charge < -0.3 is 4.57 Å². The van der Waals surface area contributed by atoms with Gasteiger partial charge in [0.25, 0.3) is 5.69 Å². The van der Waals surface area contributed by atoms with Gasteiger partial charge >= 0.3 is 0 Å². The average molecular weight is 260 g/mol. The normalized spacial score (nSPS) is 10.4. The molecule has 0 bridgehead atoms. The lowest BCUT2D eigenvalue weighted by molar-refractivity contribution is -0.386. The molecule has 0 spiro atoms. The standard InChI is InChI=1S/C12H12N4O3/c1-8-3-13-11(9(2)12(8)16(18)19)5-15-4-10(6-17)14-7-15/h3-4,6-7H,5H2,1-2H3. The Morgan fingerprint density at radius 2 is 2.16 bits per heavy atom. The Labute approximate surface area is 109 Å². The Hall–Kier alpha value is -2.57. The molecule has 2 heterocycles. The molecule has 7 heteroatoms. The van der Waals surface area contributed by atoms with Crippen molar-refractivity contribution in [2.75, 3.05) is 0 Å². The first-order chi connectivity index (χ1) is 9.02. The molecule has 0 saturated heterocycles. The molecule has 0 N–H and O–H groups in total. The first kappa shape index (κ1) is 12.9. The van der Waals surface area contributed by atoms with Gasteiger partial charge in [0, 0.05) is 18.0 Å². The number of carbonyl (C=O) groups excluding carboxylic acids is 1. The molecule has 0 amide bonds. The SMILES string of the molecule is Cc1cnc(Cn2cnc(C=O)c2)c(C)c1[N+](=O)[O-]. The van der Waals surface area contributed by atoms with E-state index in [9.17, 15) is 14.9 Å². The van der Waals surface area contributed by atoms with E-state index in [0.717, 1.165) is 0 Å². The van der Waals surface area contributed by atoms with Crippen molar-refractivity contribution < 1.29 is 9.72 Å². The number of carbonyl (C=O) groups is 1. The van der Waals surface area contributed by atoms with Gasteiger partial charge in [0.05, 0.1) is 29.1 Å². The topological polar surface area (TPSA) is 90.9 Å². The fourth-order valence-corrected chi connectivity index (χ4v) is 1.90. The Morgan fingerprint density at radius 1 is 1.42 bits per heavy atom. The minimum Gasteiger partial charge on any atom is -0.331 e. The zero-order valence-corrected chi connectivity index (χ0v) is 10.5. The van der Waals surface area contributed by atoms with Crippen molar-refractivity contribution in [3.63, 3.8) is 0 Å². The number of pyridine rings is 1. The van der Waals surface area contributed by atoms with Crippen molar-refractivity contribution in [1.29, 1.82) is 0 Å². The van der Waals surface area contributed by atoms with Crippen LogP contribution in [0.1, 0.15) is 27.3 Å². The molecule has 0 radical (unpaired) electrons. The molecule has 0 aromatic carbocycles. The predicted molar refractivity (Wildman–Crippen MR) is 67.1 cm³/mol. The van der Waals surface area contributed by atoms with Crippen LogP contribution in [0, 0.1) is 24.0 Å². The summed E-state index contributed by atoms with van der Waals surface area (Å²) in [7, 11) is 0. The minimum absolute atomic E-state index is 0.0840. The van der Waals surface area contributed by atoms with Gasteiger partial charge in [-0.1, -0.05) is 0 Å². The van der Waals surface area contributed by atoms with Crippen LogP contribution >= 0.6 is 0 Å². The molecular formula is C12H12N4O3. The molecule has 0 saturated carbocycles. The first-order valence-corrected chi connectivity index (χ1v) is 5.59. The molecule has 0 unspecified atom stereocenters. The highest BCUT2D eigenvalue weighted by atomic mass is 16.6. The van der Waals surface area contributed by atoms with Crippen LogP contribution in [0.3, 0.4) is 0 Å². The van der Waals surface area contributed by atoms with Crippen LogP contribution in [-0.4, -0.2) is 25.7 Å². The molecule has 2 aromatic rings. The molecule has 19 heavy (non-hydrogen) atoms. The lowest BCUT2D eigenvalue weighted by atomic mass is 10.1. The maximum atomic E-state index is 11.0. The number of hydrogen-bond donors (Lipinski definition) is 0. The van der Waals surface area contributed by atoms with Crippen molar-refractivity contribution >= 4 is 12.0 Å². The van der Waals surface area contributed by atoms with Gasteiger partial charge in [-0.25, -0.2) is 4.98 Å². The zero-order chi connectivity index (χ0) is 14.0. The second-order valence-electron chi connectivity index (χ2n) is 4.21. The quantitative estimate of drug-likeness (QED) is 0.473. The van der Waals surface area contributed by atoms with E-state index in [-0.39, 0.29) is 5.69 Å². The number of hydrogen-bond acceptors (Lipinski definition) is 5. The van der Waals surface area contributed by atoms with E-state index in [4.69, 9.17) is 0 Å². The van der Waals surface area contributed by atoms with Crippen LogP contribution in [0.15, 0.2) is 18.7 Å². The number of aromatic nitrogens is 3. The van der Waals surface area contributed by atoms with Crippen molar-refractivity contribution in [2.24, 2.45) is 0 Å². The largest absolute Gasteiger partial charge is 0.331 e. The monoisotopic (exact) mass is 260 g/mol. The molecule has 98 valence electrons. The van der Waals surface area contributed by atoms with Gasteiger partial charge in [-0.05, 0) is 13.8 Å². The average Bonchev–Trinajstić information content (AvgIpc) is 2.80. The molecule has 0 atom stereocenters. The predicted octanol–water partition coefficient (Wildman–Crippen LogP) is 1.66. The van der Waals surface area contributed by atoms with Crippen LogP contribution in [-0.2, 0) is 6.54 Å². The number of aldehydes is 1. The fourth-order valence-electron chi connectivity index (χ4n) is 1.90. The Bertz CT molecular complexity index is 648. The van der Waals surface area contributed by atoms with Gasteiger partial charge in [-0.15, -0.1) is 0 Å². The Morgan fingerprint density at radius 3 is 2.74 bits per heavy atom. The maximum absolute atomic E-state index is 11.0. The molecule has 0 aliphatic heterocycles. The van der Waals surface area contributed by atoms with E-state index in [1.54, 1.807) is 24.6 Å². The van der Waals surface area contributed by atoms with Crippen molar-refractivity contribution in [3.05, 3.63) is 51.4 Å². The van der Waals surface area contributed by atoms with Crippen LogP contribution in [0.4, 0.5) is 5.69 Å². The summed E-state index contributed by atoms with van der Waals surface area (Å²) in [6.07, 6.45) is 5.20. The van der Waals surface area contributed by atoms with E-state index in [2.05, 4.69) is 9.97 Å². The van der Waals surface area contributed by atoms with E-state index in [1.807, 2.05) is 0 Å².